The van der Waals surface area contributed by atoms with Crippen molar-refractivity contribution in [3.8, 4) is 0 Å². The second-order valence-electron chi connectivity index (χ2n) is 5.30. The summed E-state index contributed by atoms with van der Waals surface area (Å²) >= 11 is 0. The van der Waals surface area contributed by atoms with Crippen LogP contribution in [0.3, 0.4) is 0 Å². The number of carbonyl (C=O) groups excluding carboxylic acids is 1. The molecule has 0 aromatic carbocycles. The van der Waals surface area contributed by atoms with Gasteiger partial charge >= 0.3 is 0 Å². The molecule has 112 valence electrons. The molecule has 0 atom stereocenters. The Morgan fingerprint density at radius 1 is 1.40 bits per heavy atom. The molecule has 0 aliphatic carbocycles. The number of aromatic nitrogens is 1. The van der Waals surface area contributed by atoms with Crippen molar-refractivity contribution in [1.29, 1.82) is 0 Å². The van der Waals surface area contributed by atoms with Gasteiger partial charge in [-0.15, -0.1) is 0 Å². The molecule has 1 aliphatic heterocycles. The van der Waals surface area contributed by atoms with Gasteiger partial charge in [0.25, 0.3) is 0 Å². The van der Waals surface area contributed by atoms with Crippen LogP contribution in [0.1, 0.15) is 24.3 Å². The van der Waals surface area contributed by atoms with E-state index in [4.69, 9.17) is 4.52 Å². The molecule has 1 aromatic heterocycles. The van der Waals surface area contributed by atoms with Crippen LogP contribution < -0.4 is 5.32 Å². The van der Waals surface area contributed by atoms with Crippen molar-refractivity contribution in [1.82, 2.24) is 20.3 Å². The van der Waals surface area contributed by atoms with Crippen LogP contribution in [0, 0.1) is 6.92 Å². The highest BCUT2D eigenvalue weighted by Gasteiger charge is 2.21. The zero-order chi connectivity index (χ0) is 14.4. The van der Waals surface area contributed by atoms with Crippen LogP contribution in [-0.2, 0) is 11.3 Å². The average Bonchev–Trinajstić information content (AvgIpc) is 2.85. The number of nitrogens with zero attached hydrogens (tertiary/aromatic N) is 3. The summed E-state index contributed by atoms with van der Waals surface area (Å²) in [6, 6.07) is 1.97. The Hall–Kier alpha value is -1.40. The minimum atomic E-state index is 0.274. The van der Waals surface area contributed by atoms with Gasteiger partial charge in [0, 0.05) is 38.7 Å². The van der Waals surface area contributed by atoms with Gasteiger partial charge in [0.05, 0.1) is 12.2 Å². The largest absolute Gasteiger partial charge is 0.360 e. The predicted molar refractivity (Wildman–Crippen MR) is 76.3 cm³/mol. The third-order valence-electron chi connectivity index (χ3n) is 3.60. The van der Waals surface area contributed by atoms with E-state index in [-0.39, 0.29) is 5.91 Å². The fourth-order valence-corrected chi connectivity index (χ4v) is 2.44. The predicted octanol–water partition coefficient (Wildman–Crippen LogP) is 0.627. The molecule has 20 heavy (non-hydrogen) atoms. The first-order valence-corrected chi connectivity index (χ1v) is 7.26. The van der Waals surface area contributed by atoms with E-state index in [1.165, 1.54) is 0 Å². The van der Waals surface area contributed by atoms with E-state index in [1.54, 1.807) is 0 Å². The highest BCUT2D eigenvalue weighted by Crippen LogP contribution is 2.10. The second kappa shape index (κ2) is 7.40. The van der Waals surface area contributed by atoms with E-state index in [9.17, 15) is 4.79 Å². The summed E-state index contributed by atoms with van der Waals surface area (Å²) in [5.74, 6) is 1.17. The first-order chi connectivity index (χ1) is 9.69. The van der Waals surface area contributed by atoms with Crippen LogP contribution in [0.25, 0.3) is 0 Å². The topological polar surface area (TPSA) is 61.6 Å². The van der Waals surface area contributed by atoms with Crippen molar-refractivity contribution in [3.63, 3.8) is 0 Å². The zero-order valence-corrected chi connectivity index (χ0v) is 12.4. The number of carbonyl (C=O) groups is 1. The fraction of sp³-hybridized carbons (Fsp3) is 0.714. The smallest absolute Gasteiger partial charge is 0.222 e. The van der Waals surface area contributed by atoms with Crippen molar-refractivity contribution >= 4 is 5.91 Å². The Labute approximate surface area is 120 Å². The third-order valence-corrected chi connectivity index (χ3v) is 3.60. The lowest BCUT2D eigenvalue weighted by atomic mass is 10.2. The van der Waals surface area contributed by atoms with Gasteiger partial charge in [0.1, 0.15) is 0 Å². The molecular formula is C14H24N4O2. The molecule has 1 aliphatic rings. The number of hydrogen-bond donors (Lipinski definition) is 1. The standard InChI is InChI=1S/C14H24N4O2/c1-12-10-13(20-16-12)11-17-6-8-18(9-7-17)14(19)4-3-5-15-2/h10,15H,3-9,11H2,1-2H3. The van der Waals surface area contributed by atoms with E-state index in [1.807, 2.05) is 24.9 Å². The normalized spacial score (nSPS) is 16.6. The van der Waals surface area contributed by atoms with Crippen LogP contribution in [0.2, 0.25) is 0 Å². The summed E-state index contributed by atoms with van der Waals surface area (Å²) < 4.78 is 5.23. The van der Waals surface area contributed by atoms with Crippen LogP contribution in [0.4, 0.5) is 0 Å². The average molecular weight is 280 g/mol. The van der Waals surface area contributed by atoms with Crippen LogP contribution in [-0.4, -0.2) is 60.6 Å². The fourth-order valence-electron chi connectivity index (χ4n) is 2.44. The number of piperazine rings is 1. The van der Waals surface area contributed by atoms with Gasteiger partial charge in [-0.25, -0.2) is 0 Å². The number of nitrogens with one attached hydrogen (secondary N) is 1. The molecule has 1 saturated heterocycles. The summed E-state index contributed by atoms with van der Waals surface area (Å²) in [5.41, 5.74) is 0.915. The highest BCUT2D eigenvalue weighted by atomic mass is 16.5. The quantitative estimate of drug-likeness (QED) is 0.774. The lowest BCUT2D eigenvalue weighted by Crippen LogP contribution is -2.48. The molecule has 0 radical (unpaired) electrons. The van der Waals surface area contributed by atoms with Gasteiger partial charge < -0.3 is 14.7 Å². The molecule has 6 heteroatoms. The number of aryl methyl sites for hydroxylation is 1. The Kier molecular flexibility index (Phi) is 5.55. The number of hydrogen-bond acceptors (Lipinski definition) is 5. The van der Waals surface area contributed by atoms with E-state index in [2.05, 4.69) is 15.4 Å². The van der Waals surface area contributed by atoms with Crippen molar-refractivity contribution in [2.45, 2.75) is 26.3 Å². The van der Waals surface area contributed by atoms with E-state index in [0.29, 0.717) is 6.42 Å². The molecule has 1 N–H and O–H groups in total. The molecular weight excluding hydrogens is 256 g/mol. The summed E-state index contributed by atoms with van der Waals surface area (Å²) in [5, 5.41) is 6.96. The lowest BCUT2D eigenvalue weighted by molar-refractivity contribution is -0.133. The molecule has 1 aromatic rings. The van der Waals surface area contributed by atoms with Gasteiger partial charge in [0.2, 0.25) is 5.91 Å². The van der Waals surface area contributed by atoms with Gasteiger partial charge in [-0.1, -0.05) is 5.16 Å². The second-order valence-corrected chi connectivity index (χ2v) is 5.30. The van der Waals surface area contributed by atoms with Crippen LogP contribution in [0.15, 0.2) is 10.6 Å². The van der Waals surface area contributed by atoms with E-state index < -0.39 is 0 Å². The number of rotatable bonds is 6. The van der Waals surface area contributed by atoms with Crippen molar-refractivity contribution < 1.29 is 9.32 Å². The maximum atomic E-state index is 12.0. The SMILES string of the molecule is CNCCCC(=O)N1CCN(Cc2cc(C)no2)CC1. The van der Waals surface area contributed by atoms with Crippen molar-refractivity contribution in [2.75, 3.05) is 39.8 Å². The molecule has 6 nitrogen and oxygen atoms in total. The van der Waals surface area contributed by atoms with E-state index >= 15 is 0 Å². The molecule has 1 amide bonds. The van der Waals surface area contributed by atoms with Crippen LogP contribution >= 0.6 is 0 Å². The Morgan fingerprint density at radius 2 is 2.15 bits per heavy atom. The zero-order valence-electron chi connectivity index (χ0n) is 12.4. The minimum absolute atomic E-state index is 0.274. The van der Waals surface area contributed by atoms with Gasteiger partial charge in [-0.3, -0.25) is 9.69 Å². The maximum Gasteiger partial charge on any atom is 0.222 e. The van der Waals surface area contributed by atoms with E-state index in [0.717, 1.165) is 57.1 Å². The van der Waals surface area contributed by atoms with Gasteiger partial charge in [-0.2, -0.15) is 0 Å². The first-order valence-electron chi connectivity index (χ1n) is 7.26. The van der Waals surface area contributed by atoms with Crippen LogP contribution in [0.5, 0.6) is 0 Å². The summed E-state index contributed by atoms with van der Waals surface area (Å²) in [6.07, 6.45) is 1.55. The number of amides is 1. The first kappa shape index (κ1) is 15.0. The maximum absolute atomic E-state index is 12.0. The molecule has 0 spiro atoms. The molecule has 0 saturated carbocycles. The summed E-state index contributed by atoms with van der Waals surface area (Å²) in [6.45, 7) is 7.03. The lowest BCUT2D eigenvalue weighted by Gasteiger charge is -2.34. The van der Waals surface area contributed by atoms with Crippen molar-refractivity contribution in [3.05, 3.63) is 17.5 Å². The summed E-state index contributed by atoms with van der Waals surface area (Å²) in [4.78, 5) is 16.3. The molecule has 1 fully saturated rings. The monoisotopic (exact) mass is 280 g/mol. The minimum Gasteiger partial charge on any atom is -0.360 e. The Bertz CT molecular complexity index is 425. The highest BCUT2D eigenvalue weighted by molar-refractivity contribution is 5.76. The van der Waals surface area contributed by atoms with Gasteiger partial charge in [-0.05, 0) is 26.9 Å². The molecule has 0 bridgehead atoms. The Balaban J connectivity index is 1.70. The van der Waals surface area contributed by atoms with Gasteiger partial charge in [0.15, 0.2) is 5.76 Å². The van der Waals surface area contributed by atoms with Crippen molar-refractivity contribution in [2.24, 2.45) is 0 Å². The Morgan fingerprint density at radius 3 is 2.75 bits per heavy atom. The molecule has 2 rings (SSSR count). The third kappa shape index (κ3) is 4.31. The summed E-state index contributed by atoms with van der Waals surface area (Å²) in [7, 11) is 1.91. The molecule has 0 unspecified atom stereocenters. The molecule has 2 heterocycles.